The maximum Gasteiger partial charge on any atom is 0.246 e. The number of anilines is 1. The molecule has 0 aromatic carbocycles. The first-order valence-corrected chi connectivity index (χ1v) is 9.08. The first-order chi connectivity index (χ1) is 9.98. The molecule has 0 amide bonds. The third-order valence-corrected chi connectivity index (χ3v) is 6.25. The van der Waals surface area contributed by atoms with E-state index in [-0.39, 0.29) is 10.9 Å². The summed E-state index contributed by atoms with van der Waals surface area (Å²) in [6.07, 6.45) is 7.38. The van der Waals surface area contributed by atoms with Crippen LogP contribution < -0.4 is 5.32 Å². The minimum atomic E-state index is -3.52. The van der Waals surface area contributed by atoms with Gasteiger partial charge in [0.05, 0.1) is 5.69 Å². The highest BCUT2D eigenvalue weighted by atomic mass is 32.2. The molecule has 2 atom stereocenters. The topological polar surface area (TPSA) is 62.3 Å². The van der Waals surface area contributed by atoms with Crippen LogP contribution in [0.15, 0.2) is 23.4 Å². The summed E-state index contributed by atoms with van der Waals surface area (Å²) < 4.78 is 27.4. The van der Waals surface area contributed by atoms with E-state index in [0.29, 0.717) is 18.2 Å². The molecule has 6 heteroatoms. The molecule has 0 bridgehead atoms. The second-order valence-corrected chi connectivity index (χ2v) is 7.72. The summed E-state index contributed by atoms with van der Waals surface area (Å²) in [6, 6.07) is 1.80. The van der Waals surface area contributed by atoms with Gasteiger partial charge in [-0.25, -0.2) is 8.42 Å². The van der Waals surface area contributed by atoms with E-state index < -0.39 is 10.0 Å². The van der Waals surface area contributed by atoms with Crippen molar-refractivity contribution >= 4 is 15.7 Å². The van der Waals surface area contributed by atoms with Crippen molar-refractivity contribution < 1.29 is 8.42 Å². The van der Waals surface area contributed by atoms with Crippen molar-refractivity contribution in [3.8, 4) is 0 Å². The largest absolute Gasteiger partial charge is 0.384 e. The molecule has 1 aliphatic rings. The molecular weight excluding hydrogens is 286 g/mol. The lowest BCUT2D eigenvalue weighted by Crippen LogP contribution is -2.42. The van der Waals surface area contributed by atoms with E-state index in [1.54, 1.807) is 23.6 Å². The number of hydrogen-bond acceptors (Lipinski definition) is 4. The van der Waals surface area contributed by atoms with Gasteiger partial charge in [0, 0.05) is 32.0 Å². The van der Waals surface area contributed by atoms with Gasteiger partial charge in [-0.1, -0.05) is 19.8 Å². The van der Waals surface area contributed by atoms with Crippen molar-refractivity contribution in [1.29, 1.82) is 0 Å². The molecule has 1 saturated carbocycles. The molecule has 2 rings (SSSR count). The van der Waals surface area contributed by atoms with Crippen molar-refractivity contribution in [2.45, 2.75) is 50.5 Å². The third kappa shape index (κ3) is 3.37. The van der Waals surface area contributed by atoms with Gasteiger partial charge < -0.3 is 5.32 Å². The predicted molar refractivity (Wildman–Crippen MR) is 84.8 cm³/mol. The average Bonchev–Trinajstić information content (AvgIpc) is 2.48. The average molecular weight is 311 g/mol. The van der Waals surface area contributed by atoms with Crippen LogP contribution in [0.5, 0.6) is 0 Å². The van der Waals surface area contributed by atoms with Crippen molar-refractivity contribution in [1.82, 2.24) is 9.29 Å². The van der Waals surface area contributed by atoms with Crippen LogP contribution in [-0.4, -0.2) is 37.3 Å². The molecule has 1 aromatic rings. The lowest BCUT2D eigenvalue weighted by Gasteiger charge is -2.35. The Morgan fingerprint density at radius 2 is 2.10 bits per heavy atom. The van der Waals surface area contributed by atoms with Gasteiger partial charge in [0.25, 0.3) is 0 Å². The first-order valence-electron chi connectivity index (χ1n) is 7.64. The van der Waals surface area contributed by atoms with Crippen LogP contribution in [0.25, 0.3) is 0 Å². The van der Waals surface area contributed by atoms with Gasteiger partial charge in [0.1, 0.15) is 4.90 Å². The number of nitrogens with one attached hydrogen (secondary N) is 1. The van der Waals surface area contributed by atoms with E-state index in [1.807, 2.05) is 6.92 Å². The molecule has 1 N–H and O–H groups in total. The number of sulfonamides is 1. The van der Waals surface area contributed by atoms with E-state index in [0.717, 1.165) is 19.3 Å². The van der Waals surface area contributed by atoms with Gasteiger partial charge in [-0.05, 0) is 31.7 Å². The van der Waals surface area contributed by atoms with Gasteiger partial charge >= 0.3 is 0 Å². The van der Waals surface area contributed by atoms with E-state index in [2.05, 4.69) is 17.2 Å². The van der Waals surface area contributed by atoms with Crippen LogP contribution in [0.1, 0.15) is 39.5 Å². The Balaban J connectivity index is 2.32. The molecule has 0 spiro atoms. The Bertz CT molecular complexity index is 574. The molecule has 0 aliphatic heterocycles. The van der Waals surface area contributed by atoms with Crippen LogP contribution in [0.3, 0.4) is 0 Å². The van der Waals surface area contributed by atoms with Crippen molar-refractivity contribution in [2.24, 2.45) is 5.92 Å². The fourth-order valence-corrected chi connectivity index (χ4v) is 4.68. The lowest BCUT2D eigenvalue weighted by molar-refractivity contribution is 0.213. The lowest BCUT2D eigenvalue weighted by atomic mass is 9.86. The standard InChI is InChI=1S/C15H25N3O2S/c1-4-17-13-9-10-16-11-15(13)21(19,20)18(3)14-8-6-5-7-12(14)2/h9-12,14H,4-8H2,1-3H3,(H,16,17). The molecular formula is C15H25N3O2S. The fourth-order valence-electron chi connectivity index (χ4n) is 3.09. The normalized spacial score (nSPS) is 23.2. The van der Waals surface area contributed by atoms with E-state index in [1.165, 1.54) is 12.6 Å². The van der Waals surface area contributed by atoms with E-state index >= 15 is 0 Å². The Morgan fingerprint density at radius 1 is 1.38 bits per heavy atom. The summed E-state index contributed by atoms with van der Waals surface area (Å²) in [5, 5.41) is 3.11. The van der Waals surface area contributed by atoms with Crippen LogP contribution in [0.4, 0.5) is 5.69 Å². The zero-order valence-corrected chi connectivity index (χ0v) is 13.9. The maximum atomic E-state index is 12.9. The number of aromatic nitrogens is 1. The highest BCUT2D eigenvalue weighted by Crippen LogP contribution is 2.32. The van der Waals surface area contributed by atoms with Gasteiger partial charge in [-0.15, -0.1) is 0 Å². The molecule has 21 heavy (non-hydrogen) atoms. The van der Waals surface area contributed by atoms with Crippen molar-refractivity contribution in [3.05, 3.63) is 18.5 Å². The predicted octanol–water partition coefficient (Wildman–Crippen LogP) is 2.71. The number of hydrogen-bond donors (Lipinski definition) is 1. The summed E-state index contributed by atoms with van der Waals surface area (Å²) in [7, 11) is -1.82. The highest BCUT2D eigenvalue weighted by Gasteiger charge is 2.34. The summed E-state index contributed by atoms with van der Waals surface area (Å²) in [5.41, 5.74) is 0.628. The summed E-state index contributed by atoms with van der Waals surface area (Å²) in [5.74, 6) is 0.401. The Hall–Kier alpha value is -1.14. The van der Waals surface area contributed by atoms with E-state index in [9.17, 15) is 8.42 Å². The third-order valence-electron chi connectivity index (χ3n) is 4.34. The van der Waals surface area contributed by atoms with Crippen LogP contribution in [0, 0.1) is 5.92 Å². The molecule has 0 radical (unpaired) electrons. The highest BCUT2D eigenvalue weighted by molar-refractivity contribution is 7.89. The molecule has 1 aromatic heterocycles. The Morgan fingerprint density at radius 3 is 2.76 bits per heavy atom. The number of rotatable bonds is 5. The summed E-state index contributed by atoms with van der Waals surface area (Å²) in [4.78, 5) is 4.27. The van der Waals surface area contributed by atoms with Crippen LogP contribution >= 0.6 is 0 Å². The fraction of sp³-hybridized carbons (Fsp3) is 0.667. The minimum absolute atomic E-state index is 0.0819. The van der Waals surface area contributed by atoms with Crippen LogP contribution in [-0.2, 0) is 10.0 Å². The van der Waals surface area contributed by atoms with Crippen LogP contribution in [0.2, 0.25) is 0 Å². The summed E-state index contributed by atoms with van der Waals surface area (Å²) in [6.45, 7) is 4.77. The Labute approximate surface area is 127 Å². The molecule has 1 aliphatic carbocycles. The first kappa shape index (κ1) is 16.2. The number of pyridine rings is 1. The quantitative estimate of drug-likeness (QED) is 0.908. The zero-order valence-electron chi connectivity index (χ0n) is 13.0. The monoisotopic (exact) mass is 311 g/mol. The van der Waals surface area contributed by atoms with Gasteiger partial charge in [0.2, 0.25) is 10.0 Å². The molecule has 1 heterocycles. The molecule has 0 saturated heterocycles. The molecule has 5 nitrogen and oxygen atoms in total. The summed E-state index contributed by atoms with van der Waals surface area (Å²) >= 11 is 0. The smallest absolute Gasteiger partial charge is 0.246 e. The van der Waals surface area contributed by atoms with E-state index in [4.69, 9.17) is 0 Å². The van der Waals surface area contributed by atoms with Gasteiger partial charge in [-0.2, -0.15) is 4.31 Å². The second-order valence-electron chi connectivity index (χ2n) is 5.75. The second kappa shape index (κ2) is 6.75. The zero-order chi connectivity index (χ0) is 15.5. The molecule has 118 valence electrons. The van der Waals surface area contributed by atoms with Gasteiger partial charge in [0.15, 0.2) is 0 Å². The van der Waals surface area contributed by atoms with Crippen molar-refractivity contribution in [3.63, 3.8) is 0 Å². The van der Waals surface area contributed by atoms with Crippen molar-refractivity contribution in [2.75, 3.05) is 18.9 Å². The Kier molecular flexibility index (Phi) is 5.22. The molecule has 1 fully saturated rings. The maximum absolute atomic E-state index is 12.9. The number of nitrogens with zero attached hydrogens (tertiary/aromatic N) is 2. The SMILES string of the molecule is CCNc1ccncc1S(=O)(=O)N(C)C1CCCCC1C. The van der Waals surface area contributed by atoms with Gasteiger partial charge in [-0.3, -0.25) is 4.98 Å². The molecule has 2 unspecified atom stereocenters. The minimum Gasteiger partial charge on any atom is -0.384 e.